The van der Waals surface area contributed by atoms with Gasteiger partial charge in [-0.05, 0) is 54.8 Å². The summed E-state index contributed by atoms with van der Waals surface area (Å²) in [6.07, 6.45) is 0. The number of rotatable bonds is 9. The van der Waals surface area contributed by atoms with Crippen molar-refractivity contribution >= 4 is 11.8 Å². The van der Waals surface area contributed by atoms with Gasteiger partial charge in [-0.15, -0.1) is 0 Å². The van der Waals surface area contributed by atoms with E-state index in [9.17, 15) is 9.59 Å². The summed E-state index contributed by atoms with van der Waals surface area (Å²) >= 11 is 0. The molecule has 0 bridgehead atoms. The molecule has 2 amide bonds. The first-order chi connectivity index (χ1) is 13.4. The Kier molecular flexibility index (Phi) is 7.87. The van der Waals surface area contributed by atoms with E-state index in [1.807, 2.05) is 45.0 Å². The second-order valence-electron chi connectivity index (χ2n) is 6.72. The third kappa shape index (κ3) is 6.01. The summed E-state index contributed by atoms with van der Waals surface area (Å²) in [7, 11) is 1.61. The van der Waals surface area contributed by atoms with Gasteiger partial charge in [-0.25, -0.2) is 0 Å². The van der Waals surface area contributed by atoms with E-state index in [0.29, 0.717) is 24.5 Å². The van der Waals surface area contributed by atoms with Gasteiger partial charge in [0.25, 0.3) is 5.91 Å². The van der Waals surface area contributed by atoms with E-state index in [4.69, 9.17) is 9.47 Å². The molecule has 0 aliphatic heterocycles. The lowest BCUT2D eigenvalue weighted by Gasteiger charge is -2.22. The van der Waals surface area contributed by atoms with Gasteiger partial charge in [-0.1, -0.05) is 26.0 Å². The Labute approximate surface area is 166 Å². The number of nitrogens with one attached hydrogen (secondary N) is 2. The van der Waals surface area contributed by atoms with Crippen molar-refractivity contribution in [3.63, 3.8) is 0 Å². The predicted octanol–water partition coefficient (Wildman–Crippen LogP) is 3.16. The highest BCUT2D eigenvalue weighted by Gasteiger charge is 2.24. The van der Waals surface area contributed by atoms with E-state index in [-0.39, 0.29) is 17.7 Å². The van der Waals surface area contributed by atoms with Gasteiger partial charge in [0.2, 0.25) is 5.91 Å². The Balaban J connectivity index is 1.96. The SMILES string of the molecule is CCOc1ccc(C(=O)NC(C(=O)NCc2ccc(OC)cc2)C(C)C)cc1. The largest absolute Gasteiger partial charge is 0.497 e. The van der Waals surface area contributed by atoms with Gasteiger partial charge in [0.05, 0.1) is 13.7 Å². The highest BCUT2D eigenvalue weighted by molar-refractivity contribution is 5.97. The van der Waals surface area contributed by atoms with Crippen molar-refractivity contribution in [2.24, 2.45) is 5.92 Å². The minimum absolute atomic E-state index is 0.0532. The first-order valence-electron chi connectivity index (χ1n) is 9.39. The number of carbonyl (C=O) groups excluding carboxylic acids is 2. The monoisotopic (exact) mass is 384 g/mol. The maximum Gasteiger partial charge on any atom is 0.251 e. The van der Waals surface area contributed by atoms with E-state index >= 15 is 0 Å². The van der Waals surface area contributed by atoms with Crippen LogP contribution in [-0.4, -0.2) is 31.6 Å². The highest BCUT2D eigenvalue weighted by atomic mass is 16.5. The van der Waals surface area contributed by atoms with Crippen molar-refractivity contribution < 1.29 is 19.1 Å². The Bertz CT molecular complexity index is 770. The fourth-order valence-electron chi connectivity index (χ4n) is 2.67. The molecular formula is C22H28N2O4. The lowest BCUT2D eigenvalue weighted by atomic mass is 10.0. The predicted molar refractivity (Wildman–Crippen MR) is 109 cm³/mol. The molecule has 0 spiro atoms. The van der Waals surface area contributed by atoms with Gasteiger partial charge in [-0.3, -0.25) is 9.59 Å². The van der Waals surface area contributed by atoms with Crippen LogP contribution in [0.4, 0.5) is 0 Å². The summed E-state index contributed by atoms with van der Waals surface area (Å²) in [5.74, 6) is 0.906. The van der Waals surface area contributed by atoms with Crippen molar-refractivity contribution in [1.29, 1.82) is 0 Å². The second-order valence-corrected chi connectivity index (χ2v) is 6.72. The average Bonchev–Trinajstić information content (AvgIpc) is 2.71. The molecular weight excluding hydrogens is 356 g/mol. The van der Waals surface area contributed by atoms with Crippen LogP contribution in [0.3, 0.4) is 0 Å². The fourth-order valence-corrected chi connectivity index (χ4v) is 2.67. The van der Waals surface area contributed by atoms with E-state index < -0.39 is 6.04 Å². The summed E-state index contributed by atoms with van der Waals surface area (Å²) in [5, 5.41) is 5.71. The molecule has 2 rings (SSSR count). The summed E-state index contributed by atoms with van der Waals surface area (Å²) in [6, 6.07) is 13.7. The molecule has 2 aromatic rings. The molecule has 0 aromatic heterocycles. The maximum absolute atomic E-state index is 12.6. The maximum atomic E-state index is 12.6. The van der Waals surface area contributed by atoms with Crippen LogP contribution in [-0.2, 0) is 11.3 Å². The third-order valence-electron chi connectivity index (χ3n) is 4.29. The minimum atomic E-state index is -0.627. The zero-order valence-corrected chi connectivity index (χ0v) is 16.8. The summed E-state index contributed by atoms with van der Waals surface area (Å²) in [4.78, 5) is 25.1. The minimum Gasteiger partial charge on any atom is -0.497 e. The lowest BCUT2D eigenvalue weighted by molar-refractivity contribution is -0.124. The van der Waals surface area contributed by atoms with Crippen molar-refractivity contribution in [3.8, 4) is 11.5 Å². The van der Waals surface area contributed by atoms with E-state index in [1.54, 1.807) is 31.4 Å². The molecule has 1 unspecified atom stereocenters. The number of benzene rings is 2. The van der Waals surface area contributed by atoms with Crippen LogP contribution in [0, 0.1) is 5.92 Å². The summed E-state index contributed by atoms with van der Waals surface area (Å²) in [5.41, 5.74) is 1.44. The molecule has 0 fully saturated rings. The fraction of sp³-hybridized carbons (Fsp3) is 0.364. The number of hydrogen-bond acceptors (Lipinski definition) is 4. The molecule has 2 N–H and O–H groups in total. The summed E-state index contributed by atoms with van der Waals surface area (Å²) in [6.45, 7) is 6.64. The van der Waals surface area contributed by atoms with Crippen LogP contribution in [0.5, 0.6) is 11.5 Å². The molecule has 0 aliphatic carbocycles. The Morgan fingerprint density at radius 2 is 1.57 bits per heavy atom. The van der Waals surface area contributed by atoms with Crippen molar-refractivity contribution in [2.45, 2.75) is 33.4 Å². The van der Waals surface area contributed by atoms with E-state index in [0.717, 1.165) is 11.3 Å². The molecule has 28 heavy (non-hydrogen) atoms. The third-order valence-corrected chi connectivity index (χ3v) is 4.29. The number of amides is 2. The van der Waals surface area contributed by atoms with Crippen molar-refractivity contribution in [3.05, 3.63) is 59.7 Å². The van der Waals surface area contributed by atoms with Gasteiger partial charge >= 0.3 is 0 Å². The number of ether oxygens (including phenoxy) is 2. The van der Waals surface area contributed by atoms with Crippen LogP contribution in [0.15, 0.2) is 48.5 Å². The zero-order chi connectivity index (χ0) is 20.5. The highest BCUT2D eigenvalue weighted by Crippen LogP contribution is 2.14. The summed E-state index contributed by atoms with van der Waals surface area (Å²) < 4.78 is 10.5. The Hall–Kier alpha value is -3.02. The second kappa shape index (κ2) is 10.3. The standard InChI is InChI=1S/C22H28N2O4/c1-5-28-19-12-8-17(9-13-19)21(25)24-20(15(2)3)22(26)23-14-16-6-10-18(27-4)11-7-16/h6-13,15,20H,5,14H2,1-4H3,(H,23,26)(H,24,25). The van der Waals surface area contributed by atoms with Gasteiger partial charge in [0.1, 0.15) is 17.5 Å². The molecule has 2 aromatic carbocycles. The van der Waals surface area contributed by atoms with Crippen LogP contribution in [0.25, 0.3) is 0 Å². The normalized spacial score (nSPS) is 11.6. The van der Waals surface area contributed by atoms with Crippen LogP contribution in [0.2, 0.25) is 0 Å². The molecule has 0 saturated heterocycles. The molecule has 0 heterocycles. The number of carbonyl (C=O) groups is 2. The van der Waals surface area contributed by atoms with E-state index in [1.165, 1.54) is 0 Å². The van der Waals surface area contributed by atoms with Crippen LogP contribution >= 0.6 is 0 Å². The molecule has 0 radical (unpaired) electrons. The lowest BCUT2D eigenvalue weighted by Crippen LogP contribution is -2.49. The van der Waals surface area contributed by atoms with Crippen LogP contribution < -0.4 is 20.1 Å². The number of methoxy groups -OCH3 is 1. The van der Waals surface area contributed by atoms with Crippen molar-refractivity contribution in [1.82, 2.24) is 10.6 Å². The molecule has 1 atom stereocenters. The zero-order valence-electron chi connectivity index (χ0n) is 16.8. The number of hydrogen-bond donors (Lipinski definition) is 2. The molecule has 0 saturated carbocycles. The van der Waals surface area contributed by atoms with Gasteiger partial charge in [0.15, 0.2) is 0 Å². The molecule has 150 valence electrons. The Morgan fingerprint density at radius 1 is 0.964 bits per heavy atom. The molecule has 6 nitrogen and oxygen atoms in total. The first kappa shape index (κ1) is 21.3. The molecule has 0 aliphatic rings. The first-order valence-corrected chi connectivity index (χ1v) is 9.39. The molecule has 6 heteroatoms. The average molecular weight is 384 g/mol. The van der Waals surface area contributed by atoms with Gasteiger partial charge < -0.3 is 20.1 Å². The van der Waals surface area contributed by atoms with Crippen molar-refractivity contribution in [2.75, 3.05) is 13.7 Å². The quantitative estimate of drug-likeness (QED) is 0.696. The van der Waals surface area contributed by atoms with Gasteiger partial charge in [0, 0.05) is 12.1 Å². The van der Waals surface area contributed by atoms with Gasteiger partial charge in [-0.2, -0.15) is 0 Å². The van der Waals surface area contributed by atoms with E-state index in [2.05, 4.69) is 10.6 Å². The smallest absolute Gasteiger partial charge is 0.251 e. The Morgan fingerprint density at radius 3 is 2.11 bits per heavy atom. The van der Waals surface area contributed by atoms with Crippen LogP contribution in [0.1, 0.15) is 36.7 Å². The topological polar surface area (TPSA) is 76.7 Å².